The highest BCUT2D eigenvalue weighted by Gasteiger charge is 2.40. The summed E-state index contributed by atoms with van der Waals surface area (Å²) in [5.74, 6) is -2.36. The zero-order chi connectivity index (χ0) is 24.6. The zero-order valence-electron chi connectivity index (χ0n) is 18.6. The number of carbonyl (C=O) groups is 4. The molecule has 2 aromatic carbocycles. The first-order valence-corrected chi connectivity index (χ1v) is 12.0. The van der Waals surface area contributed by atoms with Gasteiger partial charge in [-0.15, -0.1) is 0 Å². The van der Waals surface area contributed by atoms with Gasteiger partial charge in [-0.05, 0) is 50.1 Å². The molecule has 10 nitrogen and oxygen atoms in total. The molecule has 0 aromatic heterocycles. The van der Waals surface area contributed by atoms with Crippen LogP contribution in [0.2, 0.25) is 0 Å². The molecule has 0 unspecified atom stereocenters. The molecule has 34 heavy (non-hydrogen) atoms. The maximum Gasteiger partial charge on any atom is 0.324 e. The molecule has 1 atom stereocenters. The highest BCUT2D eigenvalue weighted by atomic mass is 32.2. The summed E-state index contributed by atoms with van der Waals surface area (Å²) >= 11 is 0. The van der Waals surface area contributed by atoms with Gasteiger partial charge in [0.2, 0.25) is 10.0 Å². The third-order valence-corrected chi connectivity index (χ3v) is 7.74. The number of rotatable bonds is 6. The standard InChI is InChI=1S/C23H23N3O7S/c1-14-5-8-16(9-6-14)34(31,32)26-11-3-4-19(26)23(30)33-13-20(27)24-15-7-10-17-18(12-15)22(29)25(2)21(17)28/h5-10,12,19H,3-4,11,13H2,1-2H3,(H,24,27)/t19-/m0/s1. The average Bonchev–Trinajstić information content (AvgIpc) is 3.39. The molecular weight excluding hydrogens is 462 g/mol. The molecule has 2 aliphatic heterocycles. The number of imide groups is 1. The van der Waals surface area contributed by atoms with E-state index in [4.69, 9.17) is 4.74 Å². The van der Waals surface area contributed by atoms with Crippen molar-refractivity contribution < 1.29 is 32.3 Å². The maximum atomic E-state index is 13.0. The van der Waals surface area contributed by atoms with Crippen LogP contribution >= 0.6 is 0 Å². The quantitative estimate of drug-likeness (QED) is 0.485. The third kappa shape index (κ3) is 4.31. The number of hydrogen-bond acceptors (Lipinski definition) is 7. The summed E-state index contributed by atoms with van der Waals surface area (Å²) < 4.78 is 32.2. The lowest BCUT2D eigenvalue weighted by atomic mass is 10.1. The monoisotopic (exact) mass is 485 g/mol. The summed E-state index contributed by atoms with van der Waals surface area (Å²) in [6, 6.07) is 9.62. The van der Waals surface area contributed by atoms with E-state index < -0.39 is 46.4 Å². The van der Waals surface area contributed by atoms with Gasteiger partial charge in [0.05, 0.1) is 16.0 Å². The number of nitrogens with one attached hydrogen (secondary N) is 1. The normalized spacial score (nSPS) is 18.2. The van der Waals surface area contributed by atoms with Crippen molar-refractivity contribution in [2.75, 3.05) is 25.5 Å². The minimum atomic E-state index is -3.89. The van der Waals surface area contributed by atoms with Gasteiger partial charge in [0.25, 0.3) is 17.7 Å². The van der Waals surface area contributed by atoms with Crippen LogP contribution in [0.1, 0.15) is 39.1 Å². The lowest BCUT2D eigenvalue weighted by Gasteiger charge is -2.22. The Morgan fingerprint density at radius 2 is 1.74 bits per heavy atom. The van der Waals surface area contributed by atoms with Crippen molar-refractivity contribution >= 4 is 39.4 Å². The molecule has 0 radical (unpaired) electrons. The Bertz CT molecular complexity index is 1290. The fourth-order valence-electron chi connectivity index (χ4n) is 3.98. The average molecular weight is 486 g/mol. The summed E-state index contributed by atoms with van der Waals surface area (Å²) in [5.41, 5.74) is 1.59. The van der Waals surface area contributed by atoms with Gasteiger partial charge in [-0.1, -0.05) is 17.7 Å². The summed E-state index contributed by atoms with van der Waals surface area (Å²) in [4.78, 5) is 50.0. The van der Waals surface area contributed by atoms with Crippen LogP contribution in [0.4, 0.5) is 5.69 Å². The topological polar surface area (TPSA) is 130 Å². The van der Waals surface area contributed by atoms with Gasteiger partial charge < -0.3 is 10.1 Å². The van der Waals surface area contributed by atoms with E-state index in [0.29, 0.717) is 12.8 Å². The van der Waals surface area contributed by atoms with Crippen molar-refractivity contribution in [3.05, 3.63) is 59.2 Å². The molecule has 2 aromatic rings. The summed E-state index contributed by atoms with van der Waals surface area (Å²) in [5, 5.41) is 2.51. The van der Waals surface area contributed by atoms with E-state index in [1.54, 1.807) is 12.1 Å². The number of benzene rings is 2. The second-order valence-electron chi connectivity index (χ2n) is 8.17. The van der Waals surface area contributed by atoms with E-state index in [1.807, 2.05) is 6.92 Å². The molecular formula is C23H23N3O7S. The number of esters is 1. The van der Waals surface area contributed by atoms with E-state index in [2.05, 4.69) is 5.32 Å². The molecule has 0 aliphatic carbocycles. The highest BCUT2D eigenvalue weighted by molar-refractivity contribution is 7.89. The Kier molecular flexibility index (Phi) is 6.24. The van der Waals surface area contributed by atoms with Crippen molar-refractivity contribution in [1.29, 1.82) is 0 Å². The molecule has 0 saturated carbocycles. The fraction of sp³-hybridized carbons (Fsp3) is 0.304. The molecule has 1 saturated heterocycles. The maximum absolute atomic E-state index is 13.0. The minimum Gasteiger partial charge on any atom is -0.454 e. The second-order valence-corrected chi connectivity index (χ2v) is 10.1. The number of fused-ring (bicyclic) bond motifs is 1. The Morgan fingerprint density at radius 1 is 1.06 bits per heavy atom. The molecule has 2 aliphatic rings. The highest BCUT2D eigenvalue weighted by Crippen LogP contribution is 2.27. The smallest absolute Gasteiger partial charge is 0.324 e. The summed E-state index contributed by atoms with van der Waals surface area (Å²) in [7, 11) is -2.52. The van der Waals surface area contributed by atoms with E-state index in [-0.39, 0.29) is 28.3 Å². The number of anilines is 1. The SMILES string of the molecule is Cc1ccc(S(=O)(=O)N2CCC[C@H]2C(=O)OCC(=O)Nc2ccc3c(c2)C(=O)N(C)C3=O)cc1. The van der Waals surface area contributed by atoms with Crippen LogP contribution in [0.25, 0.3) is 0 Å². The van der Waals surface area contributed by atoms with Gasteiger partial charge in [-0.2, -0.15) is 4.31 Å². The lowest BCUT2D eigenvalue weighted by Crippen LogP contribution is -2.42. The number of nitrogens with zero attached hydrogens (tertiary/aromatic N) is 2. The van der Waals surface area contributed by atoms with Crippen LogP contribution in [0, 0.1) is 6.92 Å². The van der Waals surface area contributed by atoms with Crippen LogP contribution in [0.3, 0.4) is 0 Å². The Labute approximate surface area is 196 Å². The van der Waals surface area contributed by atoms with Gasteiger partial charge in [-0.25, -0.2) is 8.42 Å². The molecule has 0 bridgehead atoms. The number of carbonyl (C=O) groups excluding carboxylic acids is 4. The first-order chi connectivity index (χ1) is 16.1. The van der Waals surface area contributed by atoms with Gasteiger partial charge in [0.15, 0.2) is 6.61 Å². The Balaban J connectivity index is 1.38. The largest absolute Gasteiger partial charge is 0.454 e. The number of hydrogen-bond donors (Lipinski definition) is 1. The molecule has 3 amide bonds. The van der Waals surface area contributed by atoms with Crippen molar-refractivity contribution in [3.8, 4) is 0 Å². The van der Waals surface area contributed by atoms with E-state index >= 15 is 0 Å². The fourth-order valence-corrected chi connectivity index (χ4v) is 5.62. The zero-order valence-corrected chi connectivity index (χ0v) is 19.4. The number of ether oxygens (including phenoxy) is 1. The molecule has 1 N–H and O–H groups in total. The molecule has 4 rings (SSSR count). The summed E-state index contributed by atoms with van der Waals surface area (Å²) in [6.45, 7) is 1.40. The minimum absolute atomic E-state index is 0.0887. The van der Waals surface area contributed by atoms with Crippen molar-refractivity contribution in [1.82, 2.24) is 9.21 Å². The van der Waals surface area contributed by atoms with Gasteiger partial charge in [0.1, 0.15) is 6.04 Å². The Hall–Kier alpha value is -3.57. The van der Waals surface area contributed by atoms with Gasteiger partial charge in [-0.3, -0.25) is 24.1 Å². The van der Waals surface area contributed by atoms with E-state index in [9.17, 15) is 27.6 Å². The predicted molar refractivity (Wildman–Crippen MR) is 121 cm³/mol. The molecule has 178 valence electrons. The van der Waals surface area contributed by atoms with Crippen molar-refractivity contribution in [2.45, 2.75) is 30.7 Å². The molecule has 11 heteroatoms. The Morgan fingerprint density at radius 3 is 2.44 bits per heavy atom. The van der Waals surface area contributed by atoms with Crippen LogP contribution in [-0.2, 0) is 24.3 Å². The third-order valence-electron chi connectivity index (χ3n) is 5.82. The van der Waals surface area contributed by atoms with E-state index in [0.717, 1.165) is 14.8 Å². The van der Waals surface area contributed by atoms with Crippen molar-refractivity contribution in [2.24, 2.45) is 0 Å². The molecule has 1 fully saturated rings. The molecule has 0 spiro atoms. The predicted octanol–water partition coefficient (Wildman–Crippen LogP) is 1.56. The number of sulfonamides is 1. The number of aryl methyl sites for hydroxylation is 1. The number of amides is 3. The molecule has 2 heterocycles. The first kappa shape index (κ1) is 23.6. The van der Waals surface area contributed by atoms with Crippen LogP contribution in [-0.4, -0.2) is 67.6 Å². The lowest BCUT2D eigenvalue weighted by molar-refractivity contribution is -0.150. The first-order valence-electron chi connectivity index (χ1n) is 10.6. The van der Waals surface area contributed by atoms with Crippen LogP contribution in [0.15, 0.2) is 47.4 Å². The van der Waals surface area contributed by atoms with Crippen LogP contribution < -0.4 is 5.32 Å². The van der Waals surface area contributed by atoms with E-state index in [1.165, 1.54) is 37.4 Å². The summed E-state index contributed by atoms with van der Waals surface area (Å²) in [6.07, 6.45) is 0.785. The second kappa shape index (κ2) is 8.99. The van der Waals surface area contributed by atoms with Gasteiger partial charge in [0, 0.05) is 19.3 Å². The van der Waals surface area contributed by atoms with Crippen LogP contribution in [0.5, 0.6) is 0 Å². The van der Waals surface area contributed by atoms with Crippen molar-refractivity contribution in [3.63, 3.8) is 0 Å². The van der Waals surface area contributed by atoms with Gasteiger partial charge >= 0.3 is 5.97 Å².